The molecule has 7 rings (SSSR count). The third-order valence-electron chi connectivity index (χ3n) is 8.68. The number of aromatic nitrogens is 1. The second-order valence-corrected chi connectivity index (χ2v) is 10.9. The first-order valence-electron chi connectivity index (χ1n) is 13.9. The van der Waals surface area contributed by atoms with Gasteiger partial charge in [-0.2, -0.15) is 0 Å². The van der Waals surface area contributed by atoms with Crippen molar-refractivity contribution in [2.24, 2.45) is 7.05 Å². The van der Waals surface area contributed by atoms with Crippen molar-refractivity contribution in [2.75, 3.05) is 6.54 Å². The van der Waals surface area contributed by atoms with Gasteiger partial charge >= 0.3 is 0 Å². The molecule has 2 aliphatic heterocycles. The highest BCUT2D eigenvalue weighted by Crippen LogP contribution is 2.47. The van der Waals surface area contributed by atoms with Crippen LogP contribution in [0.3, 0.4) is 0 Å². The minimum absolute atomic E-state index is 0.0119. The third kappa shape index (κ3) is 3.69. The van der Waals surface area contributed by atoms with Crippen LogP contribution in [0.4, 0.5) is 0 Å². The smallest absolute Gasteiger partial charge is 0.255 e. The molecule has 198 valence electrons. The number of aryl methyl sites for hydroxylation is 1. The van der Waals surface area contributed by atoms with Gasteiger partial charge in [0.05, 0.1) is 11.7 Å². The van der Waals surface area contributed by atoms with E-state index in [1.807, 2.05) is 77.4 Å². The molecule has 2 aliphatic rings. The van der Waals surface area contributed by atoms with E-state index in [2.05, 4.69) is 54.1 Å². The van der Waals surface area contributed by atoms with E-state index in [0.717, 1.165) is 39.7 Å². The van der Waals surface area contributed by atoms with E-state index in [-0.39, 0.29) is 17.9 Å². The molecule has 4 aromatic carbocycles. The van der Waals surface area contributed by atoms with Crippen molar-refractivity contribution in [1.29, 1.82) is 0 Å². The van der Waals surface area contributed by atoms with E-state index in [1.165, 1.54) is 11.1 Å². The minimum Gasteiger partial charge on any atom is -0.343 e. The number of hydrogen-bond acceptors (Lipinski definition) is 2. The van der Waals surface area contributed by atoms with Crippen LogP contribution < -0.4 is 0 Å². The summed E-state index contributed by atoms with van der Waals surface area (Å²) >= 11 is 0. The van der Waals surface area contributed by atoms with Gasteiger partial charge in [0.1, 0.15) is 6.04 Å². The summed E-state index contributed by atoms with van der Waals surface area (Å²) < 4.78 is 2.22. The van der Waals surface area contributed by atoms with Gasteiger partial charge in [0.25, 0.3) is 5.91 Å². The summed E-state index contributed by atoms with van der Waals surface area (Å²) in [6.45, 7) is 3.12. The van der Waals surface area contributed by atoms with Gasteiger partial charge in [-0.05, 0) is 47.7 Å². The Morgan fingerprint density at radius 3 is 2.33 bits per heavy atom. The zero-order valence-electron chi connectivity index (χ0n) is 22.7. The lowest BCUT2D eigenvalue weighted by Crippen LogP contribution is -2.50. The Morgan fingerprint density at radius 1 is 0.825 bits per heavy atom. The maximum atomic E-state index is 14.1. The molecule has 0 N–H and O–H groups in total. The molecular weight excluding hydrogens is 494 g/mol. The maximum Gasteiger partial charge on any atom is 0.255 e. The summed E-state index contributed by atoms with van der Waals surface area (Å²) in [5.41, 5.74) is 8.40. The number of nitrogens with zero attached hydrogens (tertiary/aromatic N) is 3. The molecule has 0 aliphatic carbocycles. The van der Waals surface area contributed by atoms with Gasteiger partial charge in [0, 0.05) is 42.2 Å². The Morgan fingerprint density at radius 2 is 1.50 bits per heavy atom. The Hall–Kier alpha value is -4.64. The van der Waals surface area contributed by atoms with Gasteiger partial charge in [-0.25, -0.2) is 0 Å². The Balaban J connectivity index is 1.38. The number of hydrogen-bond donors (Lipinski definition) is 0. The molecule has 2 unspecified atom stereocenters. The average molecular weight is 526 g/mol. The summed E-state index contributed by atoms with van der Waals surface area (Å²) in [6, 6.07) is 33.8. The lowest BCUT2D eigenvalue weighted by molar-refractivity contribution is -0.136. The van der Waals surface area contributed by atoms with Crippen LogP contribution >= 0.6 is 0 Å². The fraction of sp³-hybridized carbons (Fsp3) is 0.200. The molecule has 5 aromatic rings. The van der Waals surface area contributed by atoms with Crippen molar-refractivity contribution in [3.8, 4) is 11.3 Å². The predicted molar refractivity (Wildman–Crippen MR) is 158 cm³/mol. The van der Waals surface area contributed by atoms with Crippen LogP contribution in [0.1, 0.15) is 45.6 Å². The molecule has 3 heterocycles. The number of carbonyl (C=O) groups is 2. The zero-order chi connectivity index (χ0) is 27.4. The lowest BCUT2D eigenvalue weighted by atomic mass is 9.92. The molecular formula is C35H31N3O2. The van der Waals surface area contributed by atoms with Crippen LogP contribution in [-0.4, -0.2) is 38.8 Å². The van der Waals surface area contributed by atoms with Crippen molar-refractivity contribution >= 4 is 22.7 Å². The highest BCUT2D eigenvalue weighted by atomic mass is 16.2. The number of rotatable bonds is 4. The van der Waals surface area contributed by atoms with Crippen LogP contribution in [0, 0.1) is 0 Å². The number of amides is 2. The van der Waals surface area contributed by atoms with Crippen molar-refractivity contribution in [1.82, 2.24) is 14.4 Å². The molecule has 0 fully saturated rings. The molecule has 0 saturated heterocycles. The number of para-hydroxylation sites is 1. The van der Waals surface area contributed by atoms with E-state index in [9.17, 15) is 9.59 Å². The largest absolute Gasteiger partial charge is 0.343 e. The van der Waals surface area contributed by atoms with E-state index >= 15 is 0 Å². The van der Waals surface area contributed by atoms with Gasteiger partial charge in [0.2, 0.25) is 5.91 Å². The number of fused-ring (bicyclic) bond motifs is 3. The first-order chi connectivity index (χ1) is 19.5. The van der Waals surface area contributed by atoms with Crippen LogP contribution in [0.2, 0.25) is 0 Å². The molecule has 0 bridgehead atoms. The van der Waals surface area contributed by atoms with E-state index < -0.39 is 6.04 Å². The average Bonchev–Trinajstić information content (AvgIpc) is 3.47. The SMILES string of the molecule is CC(C(=O)N1CCc2ccccc2C1)N1C(=O)c2ccccc2C1c1c(-c2ccccc2)n(C)c2ccccc12. The Labute approximate surface area is 234 Å². The molecule has 2 amide bonds. The summed E-state index contributed by atoms with van der Waals surface area (Å²) in [5, 5.41) is 1.09. The molecule has 0 spiro atoms. The van der Waals surface area contributed by atoms with Gasteiger partial charge in [-0.15, -0.1) is 0 Å². The normalized spacial score (nSPS) is 17.1. The van der Waals surface area contributed by atoms with Crippen molar-refractivity contribution < 1.29 is 9.59 Å². The third-order valence-corrected chi connectivity index (χ3v) is 8.68. The van der Waals surface area contributed by atoms with Gasteiger partial charge < -0.3 is 14.4 Å². The number of benzene rings is 4. The summed E-state index contributed by atoms with van der Waals surface area (Å²) in [7, 11) is 2.08. The highest BCUT2D eigenvalue weighted by Gasteiger charge is 2.45. The second kappa shape index (κ2) is 9.53. The van der Waals surface area contributed by atoms with Gasteiger partial charge in [-0.1, -0.05) is 91.0 Å². The Bertz CT molecular complexity index is 1770. The van der Waals surface area contributed by atoms with Crippen molar-refractivity contribution in [3.05, 3.63) is 131 Å². The maximum absolute atomic E-state index is 14.1. The topological polar surface area (TPSA) is 45.6 Å². The fourth-order valence-corrected chi connectivity index (χ4v) is 6.74. The number of carbonyl (C=O) groups excluding carboxylic acids is 2. The zero-order valence-corrected chi connectivity index (χ0v) is 22.7. The lowest BCUT2D eigenvalue weighted by Gasteiger charge is -2.36. The molecule has 2 atom stereocenters. The molecule has 1 aromatic heterocycles. The second-order valence-electron chi connectivity index (χ2n) is 10.9. The standard InChI is InChI=1S/C35H31N3O2/c1-23(34(39)37-21-20-24-12-6-7-15-26(24)22-37)38-33(27-16-8-9-17-28(27)35(38)40)31-29-18-10-11-19-30(29)36(2)32(31)25-13-4-3-5-14-25/h3-19,23,33H,20-22H2,1-2H3. The summed E-state index contributed by atoms with van der Waals surface area (Å²) in [4.78, 5) is 32.0. The minimum atomic E-state index is -0.627. The quantitative estimate of drug-likeness (QED) is 0.274. The fourth-order valence-electron chi connectivity index (χ4n) is 6.74. The molecule has 40 heavy (non-hydrogen) atoms. The molecule has 5 nitrogen and oxygen atoms in total. The molecule has 0 saturated carbocycles. The van der Waals surface area contributed by atoms with Gasteiger partial charge in [-0.3, -0.25) is 9.59 Å². The molecule has 5 heteroatoms. The predicted octanol–water partition coefficient (Wildman–Crippen LogP) is 6.36. The monoisotopic (exact) mass is 525 g/mol. The summed E-state index contributed by atoms with van der Waals surface area (Å²) in [5.74, 6) is -0.104. The summed E-state index contributed by atoms with van der Waals surface area (Å²) in [6.07, 6.45) is 0.827. The first-order valence-corrected chi connectivity index (χ1v) is 13.9. The molecule has 0 radical (unpaired) electrons. The van der Waals surface area contributed by atoms with Crippen molar-refractivity contribution in [2.45, 2.75) is 32.0 Å². The van der Waals surface area contributed by atoms with Crippen LogP contribution in [0.25, 0.3) is 22.2 Å². The van der Waals surface area contributed by atoms with Crippen LogP contribution in [0.5, 0.6) is 0 Å². The first kappa shape index (κ1) is 24.4. The van der Waals surface area contributed by atoms with Crippen molar-refractivity contribution in [3.63, 3.8) is 0 Å². The van der Waals surface area contributed by atoms with E-state index in [4.69, 9.17) is 0 Å². The van der Waals surface area contributed by atoms with E-state index in [0.29, 0.717) is 18.7 Å². The van der Waals surface area contributed by atoms with E-state index in [1.54, 1.807) is 0 Å². The van der Waals surface area contributed by atoms with Crippen LogP contribution in [0.15, 0.2) is 103 Å². The highest BCUT2D eigenvalue weighted by molar-refractivity contribution is 6.04. The van der Waals surface area contributed by atoms with Gasteiger partial charge in [0.15, 0.2) is 0 Å². The Kier molecular flexibility index (Phi) is 5.81. The van der Waals surface area contributed by atoms with Crippen LogP contribution in [-0.2, 0) is 24.8 Å².